The molecule has 0 aliphatic carbocycles. The predicted molar refractivity (Wildman–Crippen MR) is 82.7 cm³/mol. The van der Waals surface area contributed by atoms with E-state index in [1.54, 1.807) is 7.11 Å². The molecule has 2 nitrogen and oxygen atoms in total. The van der Waals surface area contributed by atoms with Gasteiger partial charge in [-0.05, 0) is 50.7 Å². The van der Waals surface area contributed by atoms with Gasteiger partial charge in [-0.25, -0.2) is 0 Å². The van der Waals surface area contributed by atoms with Crippen LogP contribution in [-0.4, -0.2) is 14.2 Å². The molecule has 1 unspecified atom stereocenters. The van der Waals surface area contributed by atoms with Crippen molar-refractivity contribution in [3.63, 3.8) is 0 Å². The quantitative estimate of drug-likeness (QED) is 0.906. The standard InChI is InChI=1S/C15H18ClNOS/c1-9-7-12(10(2)19-9)15(17-3)13-8-11(16)5-6-14(13)18-4/h5-8,15,17H,1-4H3. The van der Waals surface area contributed by atoms with Crippen molar-refractivity contribution >= 4 is 22.9 Å². The molecule has 0 fully saturated rings. The Hall–Kier alpha value is -1.03. The van der Waals surface area contributed by atoms with E-state index in [-0.39, 0.29) is 6.04 Å². The van der Waals surface area contributed by atoms with Gasteiger partial charge < -0.3 is 10.1 Å². The van der Waals surface area contributed by atoms with E-state index in [2.05, 4.69) is 25.2 Å². The molecule has 19 heavy (non-hydrogen) atoms. The summed E-state index contributed by atoms with van der Waals surface area (Å²) in [5, 5.41) is 4.08. The second-order valence-corrected chi connectivity index (χ2v) is 6.37. The van der Waals surface area contributed by atoms with Crippen molar-refractivity contribution in [1.82, 2.24) is 5.32 Å². The maximum atomic E-state index is 6.13. The van der Waals surface area contributed by atoms with Crippen LogP contribution in [0.3, 0.4) is 0 Å². The first-order valence-electron chi connectivity index (χ1n) is 6.14. The van der Waals surface area contributed by atoms with E-state index in [9.17, 15) is 0 Å². The number of hydrogen-bond acceptors (Lipinski definition) is 3. The van der Waals surface area contributed by atoms with Gasteiger partial charge in [-0.15, -0.1) is 11.3 Å². The van der Waals surface area contributed by atoms with Crippen molar-refractivity contribution in [3.05, 3.63) is 50.2 Å². The summed E-state index contributed by atoms with van der Waals surface area (Å²) in [5.74, 6) is 0.854. The lowest BCUT2D eigenvalue weighted by atomic mass is 9.98. The van der Waals surface area contributed by atoms with Crippen molar-refractivity contribution in [2.75, 3.05) is 14.2 Å². The summed E-state index contributed by atoms with van der Waals surface area (Å²) in [6, 6.07) is 8.05. The van der Waals surface area contributed by atoms with Crippen molar-refractivity contribution < 1.29 is 4.74 Å². The Morgan fingerprint density at radius 2 is 1.95 bits per heavy atom. The third-order valence-corrected chi connectivity index (χ3v) is 4.40. The lowest BCUT2D eigenvalue weighted by molar-refractivity contribution is 0.405. The predicted octanol–water partition coefficient (Wildman–Crippen LogP) is 4.34. The molecule has 1 atom stereocenters. The minimum atomic E-state index is 0.0959. The largest absolute Gasteiger partial charge is 0.496 e. The van der Waals surface area contributed by atoms with Crippen LogP contribution < -0.4 is 10.1 Å². The summed E-state index contributed by atoms with van der Waals surface area (Å²) in [4.78, 5) is 2.63. The zero-order valence-corrected chi connectivity index (χ0v) is 13.2. The van der Waals surface area contributed by atoms with Crippen LogP contribution in [0.15, 0.2) is 24.3 Å². The summed E-state index contributed by atoms with van der Waals surface area (Å²) in [5.41, 5.74) is 2.35. The fourth-order valence-corrected chi connectivity index (χ4v) is 3.49. The molecule has 1 N–H and O–H groups in total. The molecule has 0 spiro atoms. The lowest BCUT2D eigenvalue weighted by Gasteiger charge is -2.20. The van der Waals surface area contributed by atoms with Crippen LogP contribution in [0.1, 0.15) is 26.9 Å². The first kappa shape index (κ1) is 14.4. The van der Waals surface area contributed by atoms with Crippen LogP contribution in [0.5, 0.6) is 5.75 Å². The number of ether oxygens (including phenoxy) is 1. The Morgan fingerprint density at radius 3 is 2.47 bits per heavy atom. The van der Waals surface area contributed by atoms with Crippen LogP contribution in [-0.2, 0) is 0 Å². The first-order chi connectivity index (χ1) is 9.06. The van der Waals surface area contributed by atoms with Gasteiger partial charge in [0.2, 0.25) is 0 Å². The Bertz CT molecular complexity index is 580. The molecule has 102 valence electrons. The molecule has 0 amide bonds. The van der Waals surface area contributed by atoms with Gasteiger partial charge in [0.05, 0.1) is 13.2 Å². The number of hydrogen-bond donors (Lipinski definition) is 1. The average Bonchev–Trinajstić information content (AvgIpc) is 2.70. The van der Waals surface area contributed by atoms with Gasteiger partial charge in [0.1, 0.15) is 5.75 Å². The highest BCUT2D eigenvalue weighted by Crippen LogP contribution is 2.36. The monoisotopic (exact) mass is 295 g/mol. The molecule has 0 bridgehead atoms. The van der Waals surface area contributed by atoms with Crippen molar-refractivity contribution in [2.45, 2.75) is 19.9 Å². The highest BCUT2D eigenvalue weighted by atomic mass is 35.5. The molecule has 0 radical (unpaired) electrons. The van der Waals surface area contributed by atoms with E-state index in [0.717, 1.165) is 16.3 Å². The maximum Gasteiger partial charge on any atom is 0.124 e. The lowest BCUT2D eigenvalue weighted by Crippen LogP contribution is -2.18. The Labute approximate surface area is 123 Å². The van der Waals surface area contributed by atoms with Crippen LogP contribution in [0, 0.1) is 13.8 Å². The van der Waals surface area contributed by atoms with Crippen LogP contribution in [0.2, 0.25) is 5.02 Å². The summed E-state index contributed by atoms with van der Waals surface area (Å²) in [7, 11) is 3.64. The molecular weight excluding hydrogens is 278 g/mol. The van der Waals surface area contributed by atoms with Gasteiger partial charge in [-0.2, -0.15) is 0 Å². The molecule has 1 aromatic heterocycles. The van der Waals surface area contributed by atoms with Gasteiger partial charge in [0.15, 0.2) is 0 Å². The summed E-state index contributed by atoms with van der Waals surface area (Å²) < 4.78 is 5.46. The van der Waals surface area contributed by atoms with Crippen molar-refractivity contribution in [3.8, 4) is 5.75 Å². The molecule has 4 heteroatoms. The van der Waals surface area contributed by atoms with E-state index in [1.165, 1.54) is 15.3 Å². The fraction of sp³-hybridized carbons (Fsp3) is 0.333. The van der Waals surface area contributed by atoms with E-state index >= 15 is 0 Å². The summed E-state index contributed by atoms with van der Waals surface area (Å²) in [6.45, 7) is 4.28. The Balaban J connectivity index is 2.53. The molecular formula is C15H18ClNOS. The van der Waals surface area contributed by atoms with Gasteiger partial charge in [0, 0.05) is 20.3 Å². The molecule has 1 heterocycles. The summed E-state index contributed by atoms with van der Waals surface area (Å²) in [6.07, 6.45) is 0. The van der Waals surface area contributed by atoms with E-state index in [4.69, 9.17) is 16.3 Å². The van der Waals surface area contributed by atoms with Gasteiger partial charge in [0.25, 0.3) is 0 Å². The molecule has 0 aliphatic heterocycles. The highest BCUT2D eigenvalue weighted by Gasteiger charge is 2.20. The number of benzene rings is 1. The van der Waals surface area contributed by atoms with E-state index in [1.807, 2.05) is 36.6 Å². The smallest absolute Gasteiger partial charge is 0.124 e. The molecule has 2 aromatic rings. The number of rotatable bonds is 4. The maximum absolute atomic E-state index is 6.13. The molecule has 1 aromatic carbocycles. The molecule has 0 saturated carbocycles. The average molecular weight is 296 g/mol. The third-order valence-electron chi connectivity index (χ3n) is 3.18. The second-order valence-electron chi connectivity index (χ2n) is 4.48. The van der Waals surface area contributed by atoms with Crippen LogP contribution in [0.4, 0.5) is 0 Å². The molecule has 0 saturated heterocycles. The number of aryl methyl sites for hydroxylation is 2. The minimum Gasteiger partial charge on any atom is -0.496 e. The number of thiophene rings is 1. The van der Waals surface area contributed by atoms with Crippen molar-refractivity contribution in [1.29, 1.82) is 0 Å². The van der Waals surface area contributed by atoms with Gasteiger partial charge >= 0.3 is 0 Å². The van der Waals surface area contributed by atoms with Crippen LogP contribution in [0.25, 0.3) is 0 Å². The van der Waals surface area contributed by atoms with E-state index < -0.39 is 0 Å². The highest BCUT2D eigenvalue weighted by molar-refractivity contribution is 7.12. The minimum absolute atomic E-state index is 0.0959. The zero-order chi connectivity index (χ0) is 14.0. The summed E-state index contributed by atoms with van der Waals surface area (Å²) >= 11 is 7.94. The SMILES string of the molecule is CNC(c1cc(Cl)ccc1OC)c1cc(C)sc1C. The fourth-order valence-electron chi connectivity index (χ4n) is 2.35. The van der Waals surface area contributed by atoms with Crippen molar-refractivity contribution in [2.24, 2.45) is 0 Å². The van der Waals surface area contributed by atoms with Crippen LogP contribution >= 0.6 is 22.9 Å². The molecule has 2 rings (SSSR count). The molecule has 0 aliphatic rings. The third kappa shape index (κ3) is 2.94. The van der Waals surface area contributed by atoms with Gasteiger partial charge in [-0.3, -0.25) is 0 Å². The second kappa shape index (κ2) is 5.95. The number of nitrogens with one attached hydrogen (secondary N) is 1. The first-order valence-corrected chi connectivity index (χ1v) is 7.34. The Kier molecular flexibility index (Phi) is 4.50. The van der Waals surface area contributed by atoms with Gasteiger partial charge in [-0.1, -0.05) is 11.6 Å². The van der Waals surface area contributed by atoms with E-state index in [0.29, 0.717) is 0 Å². The zero-order valence-electron chi connectivity index (χ0n) is 11.6. The topological polar surface area (TPSA) is 21.3 Å². The Morgan fingerprint density at radius 1 is 1.21 bits per heavy atom. The number of methoxy groups -OCH3 is 1. The number of halogens is 1. The normalized spacial score (nSPS) is 12.5.